The molecule has 2 amide bonds. The van der Waals surface area contributed by atoms with Crippen LogP contribution in [0.4, 0.5) is 0 Å². The third-order valence-corrected chi connectivity index (χ3v) is 4.09. The summed E-state index contributed by atoms with van der Waals surface area (Å²) in [6.45, 7) is 6.03. The van der Waals surface area contributed by atoms with E-state index in [1.54, 1.807) is 18.0 Å². The molecule has 5 heteroatoms. The predicted octanol–water partition coefficient (Wildman–Crippen LogP) is 3.48. The van der Waals surface area contributed by atoms with Gasteiger partial charge in [-0.2, -0.15) is 0 Å². The molecule has 2 aromatic carbocycles. The van der Waals surface area contributed by atoms with Crippen molar-refractivity contribution in [3.63, 3.8) is 0 Å². The number of nitrogens with one attached hydrogen (secondary N) is 1. The monoisotopic (exact) mass is 366 g/mol. The summed E-state index contributed by atoms with van der Waals surface area (Å²) in [4.78, 5) is 25.8. The summed E-state index contributed by atoms with van der Waals surface area (Å²) in [7, 11) is 1.76. The van der Waals surface area contributed by atoms with Crippen LogP contribution in [0.1, 0.15) is 30.5 Å². The van der Waals surface area contributed by atoms with Crippen LogP contribution in [0.3, 0.4) is 0 Å². The van der Waals surface area contributed by atoms with Crippen molar-refractivity contribution in [1.29, 1.82) is 0 Å². The molecular weight excluding hydrogens is 340 g/mol. The van der Waals surface area contributed by atoms with Crippen LogP contribution in [0.2, 0.25) is 0 Å². The van der Waals surface area contributed by atoms with Crippen LogP contribution in [0.5, 0.6) is 5.75 Å². The van der Waals surface area contributed by atoms with Gasteiger partial charge in [0.15, 0.2) is 0 Å². The average Bonchev–Trinajstić information content (AvgIpc) is 2.67. The highest BCUT2D eigenvalue weighted by molar-refractivity contribution is 5.79. The first-order valence-corrected chi connectivity index (χ1v) is 8.88. The third kappa shape index (κ3) is 6.62. The molecule has 0 bridgehead atoms. The van der Waals surface area contributed by atoms with Crippen molar-refractivity contribution in [2.75, 3.05) is 13.7 Å². The molecule has 0 aliphatic rings. The molecule has 142 valence electrons. The summed E-state index contributed by atoms with van der Waals surface area (Å²) in [5.41, 5.74) is 1.92. The lowest BCUT2D eigenvalue weighted by atomic mass is 10.0. The minimum absolute atomic E-state index is 0.0374. The normalized spacial score (nSPS) is 11.3. The molecule has 1 atom stereocenters. The maximum absolute atomic E-state index is 12.7. The van der Waals surface area contributed by atoms with Crippen molar-refractivity contribution in [2.24, 2.45) is 0 Å². The lowest BCUT2D eigenvalue weighted by Gasteiger charge is -2.23. The van der Waals surface area contributed by atoms with Gasteiger partial charge in [-0.1, -0.05) is 55.1 Å². The molecule has 0 unspecified atom stereocenters. The van der Waals surface area contributed by atoms with E-state index in [1.807, 2.05) is 54.6 Å². The van der Waals surface area contributed by atoms with E-state index in [1.165, 1.54) is 6.92 Å². The summed E-state index contributed by atoms with van der Waals surface area (Å²) in [6, 6.07) is 16.8. The van der Waals surface area contributed by atoms with Gasteiger partial charge in [-0.3, -0.25) is 9.59 Å². The van der Waals surface area contributed by atoms with Crippen LogP contribution < -0.4 is 10.1 Å². The van der Waals surface area contributed by atoms with Crippen LogP contribution in [-0.2, 0) is 16.1 Å². The number of amides is 2. The van der Waals surface area contributed by atoms with Crippen molar-refractivity contribution in [1.82, 2.24) is 10.2 Å². The van der Waals surface area contributed by atoms with Crippen molar-refractivity contribution < 1.29 is 14.3 Å². The second-order valence-corrected chi connectivity index (χ2v) is 6.36. The minimum Gasteiger partial charge on any atom is -0.490 e. The van der Waals surface area contributed by atoms with Crippen molar-refractivity contribution in [3.05, 3.63) is 78.4 Å². The van der Waals surface area contributed by atoms with E-state index in [0.717, 1.165) is 16.9 Å². The molecule has 5 nitrogen and oxygen atoms in total. The standard InChI is InChI=1S/C22H26N2O3/c1-4-14-27-20-12-10-18(11-13-20)16-24(3)22(26)15-21(23-17(2)25)19-8-6-5-7-9-19/h4-13,21H,1,14-16H2,2-3H3,(H,23,25)/t21-/m1/s1. The Hall–Kier alpha value is -3.08. The van der Waals surface area contributed by atoms with Crippen LogP contribution in [0, 0.1) is 0 Å². The first-order chi connectivity index (χ1) is 13.0. The number of benzene rings is 2. The Labute approximate surface area is 160 Å². The fourth-order valence-electron chi connectivity index (χ4n) is 2.72. The fourth-order valence-corrected chi connectivity index (χ4v) is 2.72. The second-order valence-electron chi connectivity index (χ2n) is 6.36. The zero-order valence-corrected chi connectivity index (χ0v) is 15.9. The topological polar surface area (TPSA) is 58.6 Å². The molecule has 2 rings (SSSR count). The summed E-state index contributed by atoms with van der Waals surface area (Å²) < 4.78 is 5.46. The number of hydrogen-bond donors (Lipinski definition) is 1. The minimum atomic E-state index is -0.340. The third-order valence-electron chi connectivity index (χ3n) is 4.09. The maximum Gasteiger partial charge on any atom is 0.225 e. The van der Waals surface area contributed by atoms with Crippen molar-refractivity contribution in [3.8, 4) is 5.75 Å². The Kier molecular flexibility index (Phi) is 7.62. The number of rotatable bonds is 9. The Morgan fingerprint density at radius 2 is 1.81 bits per heavy atom. The van der Waals surface area contributed by atoms with Gasteiger partial charge in [0, 0.05) is 20.5 Å². The molecule has 0 aromatic heterocycles. The van der Waals surface area contributed by atoms with E-state index < -0.39 is 0 Å². The molecule has 0 spiro atoms. The number of ether oxygens (including phenoxy) is 1. The van der Waals surface area contributed by atoms with Gasteiger partial charge < -0.3 is 15.0 Å². The van der Waals surface area contributed by atoms with E-state index in [2.05, 4.69) is 11.9 Å². The van der Waals surface area contributed by atoms with E-state index in [0.29, 0.717) is 13.2 Å². The molecule has 0 saturated heterocycles. The smallest absolute Gasteiger partial charge is 0.225 e. The average molecular weight is 366 g/mol. The Morgan fingerprint density at radius 1 is 1.15 bits per heavy atom. The number of hydrogen-bond acceptors (Lipinski definition) is 3. The van der Waals surface area contributed by atoms with E-state index in [-0.39, 0.29) is 24.3 Å². The van der Waals surface area contributed by atoms with Gasteiger partial charge in [0.1, 0.15) is 12.4 Å². The highest BCUT2D eigenvalue weighted by atomic mass is 16.5. The molecule has 0 radical (unpaired) electrons. The van der Waals surface area contributed by atoms with Gasteiger partial charge in [0.05, 0.1) is 12.5 Å². The van der Waals surface area contributed by atoms with E-state index in [4.69, 9.17) is 4.74 Å². The first-order valence-electron chi connectivity index (χ1n) is 8.88. The van der Waals surface area contributed by atoms with Gasteiger partial charge >= 0.3 is 0 Å². The van der Waals surface area contributed by atoms with E-state index >= 15 is 0 Å². The van der Waals surface area contributed by atoms with Crippen LogP contribution in [0.15, 0.2) is 67.3 Å². The van der Waals surface area contributed by atoms with Crippen molar-refractivity contribution >= 4 is 11.8 Å². The van der Waals surface area contributed by atoms with Gasteiger partial charge in [-0.05, 0) is 23.3 Å². The largest absolute Gasteiger partial charge is 0.490 e. The SMILES string of the molecule is C=CCOc1ccc(CN(C)C(=O)C[C@@H](NC(C)=O)c2ccccc2)cc1. The molecule has 1 N–H and O–H groups in total. The Bertz CT molecular complexity index is 757. The lowest BCUT2D eigenvalue weighted by Crippen LogP contribution is -2.33. The Balaban J connectivity index is 1.98. The summed E-state index contributed by atoms with van der Waals surface area (Å²) in [5.74, 6) is 0.571. The molecule has 2 aromatic rings. The zero-order valence-electron chi connectivity index (χ0n) is 15.9. The Morgan fingerprint density at radius 3 is 2.41 bits per heavy atom. The first kappa shape index (κ1) is 20.2. The number of carbonyl (C=O) groups is 2. The van der Waals surface area contributed by atoms with Gasteiger partial charge in [-0.15, -0.1) is 0 Å². The number of carbonyl (C=O) groups excluding carboxylic acids is 2. The summed E-state index contributed by atoms with van der Waals surface area (Å²) >= 11 is 0. The molecule has 0 saturated carbocycles. The van der Waals surface area contributed by atoms with Gasteiger partial charge in [-0.25, -0.2) is 0 Å². The second kappa shape index (κ2) is 10.2. The molecule has 0 aliphatic heterocycles. The lowest BCUT2D eigenvalue weighted by molar-refractivity contribution is -0.131. The highest BCUT2D eigenvalue weighted by Crippen LogP contribution is 2.19. The zero-order chi connectivity index (χ0) is 19.6. The molecule has 27 heavy (non-hydrogen) atoms. The fraction of sp³-hybridized carbons (Fsp3) is 0.273. The molecule has 0 fully saturated rings. The van der Waals surface area contributed by atoms with Gasteiger partial charge in [0.2, 0.25) is 11.8 Å². The summed E-state index contributed by atoms with van der Waals surface area (Å²) in [6.07, 6.45) is 1.90. The highest BCUT2D eigenvalue weighted by Gasteiger charge is 2.19. The maximum atomic E-state index is 12.7. The van der Waals surface area contributed by atoms with E-state index in [9.17, 15) is 9.59 Å². The van der Waals surface area contributed by atoms with Crippen LogP contribution in [0.25, 0.3) is 0 Å². The van der Waals surface area contributed by atoms with Crippen molar-refractivity contribution in [2.45, 2.75) is 25.9 Å². The number of nitrogens with zero attached hydrogens (tertiary/aromatic N) is 1. The predicted molar refractivity (Wildman–Crippen MR) is 106 cm³/mol. The molecule has 0 heterocycles. The van der Waals surface area contributed by atoms with Gasteiger partial charge in [0.25, 0.3) is 0 Å². The molecule has 0 aliphatic carbocycles. The molecular formula is C22H26N2O3. The quantitative estimate of drug-likeness (QED) is 0.691. The van der Waals surface area contributed by atoms with Crippen LogP contribution >= 0.6 is 0 Å². The summed E-state index contributed by atoms with van der Waals surface area (Å²) in [5, 5.41) is 2.86. The van der Waals surface area contributed by atoms with Crippen LogP contribution in [-0.4, -0.2) is 30.4 Å².